The summed E-state index contributed by atoms with van der Waals surface area (Å²) in [5, 5.41) is 11.7. The van der Waals surface area contributed by atoms with Gasteiger partial charge in [-0.3, -0.25) is 0 Å². The number of hydrogen-bond donors (Lipinski definition) is 2. The van der Waals surface area contributed by atoms with Crippen molar-refractivity contribution in [3.63, 3.8) is 0 Å². The topological polar surface area (TPSA) is 67.8 Å². The number of ether oxygens (including phenoxy) is 1. The van der Waals surface area contributed by atoms with Crippen molar-refractivity contribution in [1.29, 1.82) is 0 Å². The predicted molar refractivity (Wildman–Crippen MR) is 81.5 cm³/mol. The van der Waals surface area contributed by atoms with Crippen molar-refractivity contribution in [3.8, 4) is 5.75 Å². The Morgan fingerprint density at radius 2 is 2.00 bits per heavy atom. The number of oxime groups is 1. The normalized spacial score (nSPS) is 11.6. The molecule has 0 heterocycles. The van der Waals surface area contributed by atoms with Crippen molar-refractivity contribution in [2.75, 3.05) is 18.1 Å². The van der Waals surface area contributed by atoms with Crippen LogP contribution >= 0.6 is 11.8 Å². The number of rotatable bonds is 7. The number of aryl methyl sites for hydroxylation is 2. The largest absolute Gasteiger partial charge is 0.493 e. The minimum atomic E-state index is 0.122. The third kappa shape index (κ3) is 4.67. The van der Waals surface area contributed by atoms with Gasteiger partial charge in [0.15, 0.2) is 5.84 Å². The molecule has 0 saturated heterocycles. The molecule has 0 atom stereocenters. The van der Waals surface area contributed by atoms with Gasteiger partial charge in [0.05, 0.1) is 6.61 Å². The van der Waals surface area contributed by atoms with Gasteiger partial charge in [0.25, 0.3) is 0 Å². The standard InChI is InChI=1S/C14H22N2O2S/c1-4-19-7-5-6-18-13-10(2)8-12(9-11(13)3)14(15)16-17/h8-9,17H,4-7H2,1-3H3,(H2,15,16). The zero-order valence-electron chi connectivity index (χ0n) is 11.8. The molecule has 106 valence electrons. The highest BCUT2D eigenvalue weighted by Gasteiger charge is 2.08. The Morgan fingerprint density at radius 3 is 2.53 bits per heavy atom. The molecule has 1 aromatic carbocycles. The summed E-state index contributed by atoms with van der Waals surface area (Å²) in [7, 11) is 0. The SMILES string of the molecule is CCSCCCOc1c(C)cc(C(N)=NO)cc1C. The first-order valence-electron chi connectivity index (χ1n) is 6.39. The first-order chi connectivity index (χ1) is 9.10. The fourth-order valence-corrected chi connectivity index (χ4v) is 2.47. The van der Waals surface area contributed by atoms with E-state index in [0.717, 1.165) is 41.4 Å². The smallest absolute Gasteiger partial charge is 0.170 e. The highest BCUT2D eigenvalue weighted by atomic mass is 32.2. The average molecular weight is 282 g/mol. The van der Waals surface area contributed by atoms with Gasteiger partial charge in [-0.2, -0.15) is 11.8 Å². The molecule has 0 aliphatic heterocycles. The van der Waals surface area contributed by atoms with Gasteiger partial charge in [-0.25, -0.2) is 0 Å². The average Bonchev–Trinajstić information content (AvgIpc) is 2.40. The van der Waals surface area contributed by atoms with Gasteiger partial charge < -0.3 is 15.7 Å². The summed E-state index contributed by atoms with van der Waals surface area (Å²) in [5.41, 5.74) is 8.32. The Kier molecular flexibility index (Phi) is 6.56. The Balaban J connectivity index is 2.69. The van der Waals surface area contributed by atoms with Crippen molar-refractivity contribution in [3.05, 3.63) is 28.8 Å². The highest BCUT2D eigenvalue weighted by molar-refractivity contribution is 7.99. The lowest BCUT2D eigenvalue weighted by Gasteiger charge is -2.13. The summed E-state index contributed by atoms with van der Waals surface area (Å²) < 4.78 is 5.83. The van der Waals surface area contributed by atoms with Crippen LogP contribution in [-0.2, 0) is 0 Å². The van der Waals surface area contributed by atoms with E-state index in [9.17, 15) is 0 Å². The number of amidine groups is 1. The van der Waals surface area contributed by atoms with Crippen LogP contribution in [0.25, 0.3) is 0 Å². The van der Waals surface area contributed by atoms with Crippen LogP contribution in [0.1, 0.15) is 30.0 Å². The number of nitrogens with two attached hydrogens (primary N) is 1. The molecule has 0 spiro atoms. The molecular weight excluding hydrogens is 260 g/mol. The lowest BCUT2D eigenvalue weighted by atomic mass is 10.1. The molecule has 4 nitrogen and oxygen atoms in total. The molecule has 0 unspecified atom stereocenters. The Labute approximate surface area is 119 Å². The number of hydrogen-bond acceptors (Lipinski definition) is 4. The number of nitrogens with zero attached hydrogens (tertiary/aromatic N) is 1. The summed E-state index contributed by atoms with van der Waals surface area (Å²) in [5.74, 6) is 3.29. The molecule has 0 aliphatic rings. The van der Waals surface area contributed by atoms with Gasteiger partial charge in [0.1, 0.15) is 5.75 Å². The molecule has 0 aromatic heterocycles. The minimum absolute atomic E-state index is 0.122. The molecule has 5 heteroatoms. The van der Waals surface area contributed by atoms with E-state index in [0.29, 0.717) is 5.56 Å². The van der Waals surface area contributed by atoms with Crippen molar-refractivity contribution >= 4 is 17.6 Å². The van der Waals surface area contributed by atoms with E-state index >= 15 is 0 Å². The maximum Gasteiger partial charge on any atom is 0.170 e. The number of thioether (sulfide) groups is 1. The van der Waals surface area contributed by atoms with Gasteiger partial charge in [-0.1, -0.05) is 12.1 Å². The summed E-state index contributed by atoms with van der Waals surface area (Å²) in [4.78, 5) is 0. The lowest BCUT2D eigenvalue weighted by molar-refractivity contribution is 0.314. The molecule has 0 bridgehead atoms. The Morgan fingerprint density at radius 1 is 1.37 bits per heavy atom. The van der Waals surface area contributed by atoms with E-state index in [4.69, 9.17) is 15.7 Å². The van der Waals surface area contributed by atoms with Crippen molar-refractivity contribution in [2.45, 2.75) is 27.2 Å². The first kappa shape index (κ1) is 15.7. The second-order valence-electron chi connectivity index (χ2n) is 4.32. The zero-order valence-corrected chi connectivity index (χ0v) is 12.6. The molecule has 0 fully saturated rings. The van der Waals surface area contributed by atoms with Crippen LogP contribution in [0.2, 0.25) is 0 Å². The van der Waals surface area contributed by atoms with E-state index in [1.54, 1.807) is 0 Å². The molecule has 1 rings (SSSR count). The van der Waals surface area contributed by atoms with E-state index in [1.165, 1.54) is 0 Å². The van der Waals surface area contributed by atoms with Crippen molar-refractivity contribution in [1.82, 2.24) is 0 Å². The molecule has 0 aliphatic carbocycles. The fourth-order valence-electron chi connectivity index (χ4n) is 1.86. The van der Waals surface area contributed by atoms with Crippen LogP contribution < -0.4 is 10.5 Å². The highest BCUT2D eigenvalue weighted by Crippen LogP contribution is 2.25. The summed E-state index contributed by atoms with van der Waals surface area (Å²) in [6.07, 6.45) is 1.04. The molecule has 0 amide bonds. The monoisotopic (exact) mass is 282 g/mol. The van der Waals surface area contributed by atoms with Crippen molar-refractivity contribution in [2.24, 2.45) is 10.9 Å². The molecule has 19 heavy (non-hydrogen) atoms. The minimum Gasteiger partial charge on any atom is -0.493 e. The third-order valence-corrected chi connectivity index (χ3v) is 3.73. The number of benzene rings is 1. The summed E-state index contributed by atoms with van der Waals surface area (Å²) >= 11 is 1.92. The van der Waals surface area contributed by atoms with Crippen LogP contribution in [0, 0.1) is 13.8 Å². The van der Waals surface area contributed by atoms with Gasteiger partial charge >= 0.3 is 0 Å². The van der Waals surface area contributed by atoms with Crippen LogP contribution in [0.5, 0.6) is 5.75 Å². The van der Waals surface area contributed by atoms with E-state index in [1.807, 2.05) is 37.7 Å². The Hall–Kier alpha value is -1.36. The lowest BCUT2D eigenvalue weighted by Crippen LogP contribution is -2.14. The zero-order chi connectivity index (χ0) is 14.3. The van der Waals surface area contributed by atoms with Crippen LogP contribution in [0.4, 0.5) is 0 Å². The fraction of sp³-hybridized carbons (Fsp3) is 0.500. The maximum atomic E-state index is 8.69. The second kappa shape index (κ2) is 7.94. The molecular formula is C14H22N2O2S. The van der Waals surface area contributed by atoms with Gasteiger partial charge in [-0.05, 0) is 55.0 Å². The van der Waals surface area contributed by atoms with Crippen LogP contribution in [0.3, 0.4) is 0 Å². The molecule has 1 aromatic rings. The van der Waals surface area contributed by atoms with E-state index in [2.05, 4.69) is 12.1 Å². The first-order valence-corrected chi connectivity index (χ1v) is 7.55. The van der Waals surface area contributed by atoms with Crippen molar-refractivity contribution < 1.29 is 9.94 Å². The van der Waals surface area contributed by atoms with Gasteiger partial charge in [-0.15, -0.1) is 0 Å². The van der Waals surface area contributed by atoms with E-state index < -0.39 is 0 Å². The molecule has 0 radical (unpaired) electrons. The summed E-state index contributed by atoms with van der Waals surface area (Å²) in [6, 6.07) is 3.75. The second-order valence-corrected chi connectivity index (χ2v) is 5.72. The van der Waals surface area contributed by atoms with Gasteiger partial charge in [0.2, 0.25) is 0 Å². The Bertz CT molecular complexity index is 424. The third-order valence-electron chi connectivity index (χ3n) is 2.75. The molecule has 0 saturated carbocycles. The van der Waals surface area contributed by atoms with E-state index in [-0.39, 0.29) is 5.84 Å². The summed E-state index contributed by atoms with van der Waals surface area (Å²) in [6.45, 7) is 6.82. The molecule has 3 N–H and O–H groups in total. The maximum absolute atomic E-state index is 8.69. The van der Waals surface area contributed by atoms with Gasteiger partial charge in [0, 0.05) is 5.56 Å². The van der Waals surface area contributed by atoms with Crippen LogP contribution in [0.15, 0.2) is 17.3 Å². The van der Waals surface area contributed by atoms with Crippen LogP contribution in [-0.4, -0.2) is 29.2 Å². The quantitative estimate of drug-likeness (QED) is 0.265. The predicted octanol–water partition coefficient (Wildman–Crippen LogP) is 2.92.